The van der Waals surface area contributed by atoms with E-state index in [-0.39, 0.29) is 35.9 Å². The molecule has 3 saturated carbocycles. The fourth-order valence-electron chi connectivity index (χ4n) is 9.05. The molecule has 0 aromatic carbocycles. The molecule has 4 N–H and O–H groups in total. The molecule has 9 heteroatoms. The monoisotopic (exact) mass is 558 g/mol. The summed E-state index contributed by atoms with van der Waals surface area (Å²) in [5.41, 5.74) is -0.712. The molecule has 6 atom stereocenters. The summed E-state index contributed by atoms with van der Waals surface area (Å²) in [5, 5.41) is 16.9. The van der Waals surface area contributed by atoms with Crippen molar-refractivity contribution in [2.75, 3.05) is 39.5 Å². The smallest absolute Gasteiger partial charge is 0.306 e. The summed E-state index contributed by atoms with van der Waals surface area (Å²) >= 11 is 0. The first-order valence-electron chi connectivity index (χ1n) is 15.5. The fourth-order valence-corrected chi connectivity index (χ4v) is 9.05. The Kier molecular flexibility index (Phi) is 8.56. The van der Waals surface area contributed by atoms with Gasteiger partial charge in [0, 0.05) is 31.3 Å². The topological polar surface area (TPSA) is 130 Å². The number of allylic oxidation sites excluding steroid dienone is 1. The third-order valence-electron chi connectivity index (χ3n) is 11.5. The number of nitrogens with zero attached hydrogens (tertiary/aromatic N) is 1. The highest BCUT2D eigenvalue weighted by Crippen LogP contribution is 2.67. The molecule has 40 heavy (non-hydrogen) atoms. The molecule has 4 fully saturated rings. The summed E-state index contributed by atoms with van der Waals surface area (Å²) in [6, 6.07) is 0. The number of hydrogen-bond donors (Lipinski definition) is 3. The van der Waals surface area contributed by atoms with Gasteiger partial charge in [-0.2, -0.15) is 0 Å². The van der Waals surface area contributed by atoms with E-state index in [4.69, 9.17) is 4.74 Å². The quantitative estimate of drug-likeness (QED) is 0.274. The Bertz CT molecular complexity index is 1050. The third kappa shape index (κ3) is 5.41. The number of aliphatic hydroxyl groups is 1. The summed E-state index contributed by atoms with van der Waals surface area (Å²) in [4.78, 5) is 52.3. The van der Waals surface area contributed by atoms with Crippen LogP contribution in [0.2, 0.25) is 0 Å². The zero-order valence-electron chi connectivity index (χ0n) is 24.3. The molecule has 0 aromatic rings. The Balaban J connectivity index is 1.09. The van der Waals surface area contributed by atoms with Crippen LogP contribution in [0.25, 0.3) is 0 Å². The molecule has 5 aliphatic rings. The maximum Gasteiger partial charge on any atom is 0.306 e. The van der Waals surface area contributed by atoms with Crippen LogP contribution in [0.4, 0.5) is 0 Å². The standard InChI is InChI=1S/C31H47N3O6/c1-29-11-8-22(35)18-21(29)4-5-23-24(29)9-12-30(2)25(23)10-13-31(30,39)26(36)19-40-28(38)7-6-27(37)33-14-3-16-34-17-15-32-20-34/h18,23-25,32,39H,3-17,19-20H2,1-2H3,(H,33,37)/p+1/t23-,24-,25+,29-,30+,31-/m0/s1. The molecular weight excluding hydrogens is 510 g/mol. The first-order chi connectivity index (χ1) is 19.1. The van der Waals surface area contributed by atoms with Gasteiger partial charge in [-0.15, -0.1) is 0 Å². The molecule has 0 spiro atoms. The van der Waals surface area contributed by atoms with E-state index in [9.17, 15) is 24.3 Å². The number of carbonyl (C=O) groups is 4. The lowest BCUT2D eigenvalue weighted by atomic mass is 9.46. The first-order valence-corrected chi connectivity index (χ1v) is 15.5. The second kappa shape index (κ2) is 11.6. The first kappa shape index (κ1) is 29.4. The molecule has 1 heterocycles. The van der Waals surface area contributed by atoms with E-state index in [1.807, 2.05) is 6.08 Å². The molecule has 0 bridgehead atoms. The number of nitrogens with two attached hydrogens (primary N) is 1. The van der Waals surface area contributed by atoms with Crippen LogP contribution in [0, 0.1) is 28.6 Å². The van der Waals surface area contributed by atoms with Crippen LogP contribution < -0.4 is 10.6 Å². The van der Waals surface area contributed by atoms with E-state index in [1.165, 1.54) is 5.57 Å². The number of fused-ring (bicyclic) bond motifs is 5. The normalized spacial score (nSPS) is 37.2. The van der Waals surface area contributed by atoms with E-state index in [0.717, 1.165) is 71.2 Å². The molecule has 0 radical (unpaired) electrons. The van der Waals surface area contributed by atoms with Crippen molar-refractivity contribution in [3.8, 4) is 0 Å². The van der Waals surface area contributed by atoms with Gasteiger partial charge in [0.2, 0.25) is 11.7 Å². The average Bonchev–Trinajstić information content (AvgIpc) is 3.55. The molecule has 0 aromatic heterocycles. The summed E-state index contributed by atoms with van der Waals surface area (Å²) in [6.07, 6.45) is 9.00. The molecule has 1 aliphatic heterocycles. The number of hydrogen-bond acceptors (Lipinski definition) is 7. The van der Waals surface area contributed by atoms with Gasteiger partial charge in [-0.25, -0.2) is 0 Å². The summed E-state index contributed by atoms with van der Waals surface area (Å²) in [7, 11) is 0. The van der Waals surface area contributed by atoms with Crippen molar-refractivity contribution in [1.82, 2.24) is 10.2 Å². The van der Waals surface area contributed by atoms with Crippen LogP contribution in [0.3, 0.4) is 0 Å². The predicted molar refractivity (Wildman–Crippen MR) is 148 cm³/mol. The van der Waals surface area contributed by atoms with Gasteiger partial charge in [-0.05, 0) is 80.6 Å². The summed E-state index contributed by atoms with van der Waals surface area (Å²) in [5.74, 6) is 0.172. The van der Waals surface area contributed by atoms with E-state index < -0.39 is 29.4 Å². The molecule has 4 aliphatic carbocycles. The van der Waals surface area contributed by atoms with Gasteiger partial charge >= 0.3 is 5.97 Å². The summed E-state index contributed by atoms with van der Waals surface area (Å²) < 4.78 is 5.28. The Morgan fingerprint density at radius 2 is 1.90 bits per heavy atom. The highest BCUT2D eigenvalue weighted by molar-refractivity contribution is 5.92. The Hall–Kier alpha value is -2.10. The third-order valence-corrected chi connectivity index (χ3v) is 11.5. The number of nitrogens with one attached hydrogen (secondary N) is 1. The zero-order valence-corrected chi connectivity index (χ0v) is 24.3. The van der Waals surface area contributed by atoms with E-state index in [1.54, 1.807) is 0 Å². The minimum atomic E-state index is -1.51. The van der Waals surface area contributed by atoms with Crippen molar-refractivity contribution in [1.29, 1.82) is 0 Å². The second-order valence-electron chi connectivity index (χ2n) is 13.5. The minimum absolute atomic E-state index is 0.0262. The van der Waals surface area contributed by atoms with Crippen molar-refractivity contribution >= 4 is 23.4 Å². The summed E-state index contributed by atoms with van der Waals surface area (Å²) in [6.45, 7) is 8.67. The molecule has 1 amide bonds. The van der Waals surface area contributed by atoms with Crippen LogP contribution in [0.5, 0.6) is 0 Å². The van der Waals surface area contributed by atoms with Gasteiger partial charge in [0.15, 0.2) is 12.4 Å². The van der Waals surface area contributed by atoms with E-state index in [2.05, 4.69) is 29.4 Å². The molecule has 9 nitrogen and oxygen atoms in total. The van der Waals surface area contributed by atoms with Crippen molar-refractivity contribution in [3.05, 3.63) is 11.6 Å². The van der Waals surface area contributed by atoms with Gasteiger partial charge < -0.3 is 20.5 Å². The van der Waals surface area contributed by atoms with Crippen molar-refractivity contribution in [2.24, 2.45) is 28.6 Å². The van der Waals surface area contributed by atoms with E-state index >= 15 is 0 Å². The Labute approximate surface area is 237 Å². The fraction of sp³-hybridized carbons (Fsp3) is 0.806. The van der Waals surface area contributed by atoms with Crippen LogP contribution in [-0.2, 0) is 23.9 Å². The molecule has 0 unspecified atom stereocenters. The molecule has 5 rings (SSSR count). The Morgan fingerprint density at radius 1 is 1.10 bits per heavy atom. The van der Waals surface area contributed by atoms with Crippen LogP contribution in [0.15, 0.2) is 11.6 Å². The van der Waals surface area contributed by atoms with Crippen molar-refractivity contribution < 1.29 is 34.3 Å². The number of quaternary nitrogens is 1. The van der Waals surface area contributed by atoms with Gasteiger partial charge in [0.05, 0.1) is 19.5 Å². The number of amides is 1. The van der Waals surface area contributed by atoms with Crippen LogP contribution in [-0.4, -0.2) is 78.5 Å². The second-order valence-corrected chi connectivity index (χ2v) is 13.5. The minimum Gasteiger partial charge on any atom is -0.458 e. The largest absolute Gasteiger partial charge is 0.458 e. The number of rotatable bonds is 10. The maximum absolute atomic E-state index is 13.4. The number of ketones is 2. The van der Waals surface area contributed by atoms with Gasteiger partial charge in [0.1, 0.15) is 12.3 Å². The van der Waals surface area contributed by atoms with Crippen molar-refractivity contribution in [3.63, 3.8) is 0 Å². The van der Waals surface area contributed by atoms with Crippen molar-refractivity contribution in [2.45, 2.75) is 90.1 Å². The van der Waals surface area contributed by atoms with E-state index in [0.29, 0.717) is 31.2 Å². The van der Waals surface area contributed by atoms with Gasteiger partial charge in [-0.1, -0.05) is 19.4 Å². The van der Waals surface area contributed by atoms with Gasteiger partial charge in [0.25, 0.3) is 0 Å². The number of carbonyl (C=O) groups excluding carboxylic acids is 4. The number of ether oxygens (including phenoxy) is 1. The van der Waals surface area contributed by atoms with Crippen LogP contribution >= 0.6 is 0 Å². The molecular formula is C31H48N3O6+. The number of esters is 1. The lowest BCUT2D eigenvalue weighted by molar-refractivity contribution is -0.642. The highest BCUT2D eigenvalue weighted by atomic mass is 16.5. The lowest BCUT2D eigenvalue weighted by Crippen LogP contribution is -2.82. The SMILES string of the molecule is C[C@]12CCC(=O)C=C1CC[C@@H]1[C@H]3CC[C@](O)(C(=O)COC(=O)CCC(=O)NCCCN4CC[NH2+]C4)[C@]3(C)CC[C@@H]12. The maximum atomic E-state index is 13.4. The lowest BCUT2D eigenvalue weighted by Gasteiger charge is -2.58. The highest BCUT2D eigenvalue weighted by Gasteiger charge is 2.66. The number of Topliss-reactive ketones (excluding diaryl/α,β-unsaturated/α-hetero) is 1. The molecule has 222 valence electrons. The molecule has 1 saturated heterocycles. The predicted octanol–water partition coefficient (Wildman–Crippen LogP) is 1.48. The zero-order chi connectivity index (χ0) is 28.5. The average molecular weight is 559 g/mol. The van der Waals surface area contributed by atoms with Crippen LogP contribution in [0.1, 0.15) is 84.5 Å². The van der Waals surface area contributed by atoms with Gasteiger partial charge in [-0.3, -0.25) is 24.1 Å². The Morgan fingerprint density at radius 3 is 2.67 bits per heavy atom.